The van der Waals surface area contributed by atoms with Crippen molar-refractivity contribution in [3.63, 3.8) is 0 Å². The molecular weight excluding hydrogens is 350 g/mol. The zero-order valence-electron chi connectivity index (χ0n) is 19.0. The third-order valence-corrected chi connectivity index (χ3v) is 5.16. The van der Waals surface area contributed by atoms with Crippen LogP contribution in [-0.2, 0) is 14.3 Å². The maximum Gasteiger partial charge on any atom is 0.307 e. The number of nitrogens with one attached hydrogen (secondary N) is 1. The third kappa shape index (κ3) is 16.8. The number of carbonyl (C=O) groups excluding carboxylic acids is 2. The summed E-state index contributed by atoms with van der Waals surface area (Å²) in [7, 11) is 0. The molecular formula is C24H45NO3. The van der Waals surface area contributed by atoms with Crippen molar-refractivity contribution < 1.29 is 14.3 Å². The normalized spacial score (nSPS) is 13.0. The van der Waals surface area contributed by atoms with Crippen molar-refractivity contribution in [1.29, 1.82) is 0 Å². The first-order valence-corrected chi connectivity index (χ1v) is 11.5. The number of hydrogen-bond donors (Lipinski definition) is 1. The van der Waals surface area contributed by atoms with Gasteiger partial charge in [-0.15, -0.1) is 0 Å². The third-order valence-electron chi connectivity index (χ3n) is 5.16. The summed E-state index contributed by atoms with van der Waals surface area (Å²) in [5.41, 5.74) is 0.407. The molecule has 0 aliphatic heterocycles. The molecule has 0 aliphatic rings. The molecule has 0 aromatic rings. The van der Waals surface area contributed by atoms with Crippen molar-refractivity contribution in [3.8, 4) is 0 Å². The van der Waals surface area contributed by atoms with Gasteiger partial charge in [-0.25, -0.2) is 0 Å². The fraction of sp³-hybridized carbons (Fsp3) is 0.833. The molecule has 0 bridgehead atoms. The predicted molar refractivity (Wildman–Crippen MR) is 118 cm³/mol. The van der Waals surface area contributed by atoms with Crippen molar-refractivity contribution in [2.24, 2.45) is 5.92 Å². The lowest BCUT2D eigenvalue weighted by molar-refractivity contribution is -0.150. The molecule has 0 saturated heterocycles. The molecule has 1 N–H and O–H groups in total. The van der Waals surface area contributed by atoms with Crippen molar-refractivity contribution in [2.75, 3.05) is 0 Å². The van der Waals surface area contributed by atoms with Gasteiger partial charge in [-0.3, -0.25) is 9.59 Å². The van der Waals surface area contributed by atoms with Gasteiger partial charge in [0.2, 0.25) is 5.91 Å². The molecule has 2 atom stereocenters. The summed E-state index contributed by atoms with van der Waals surface area (Å²) < 4.78 is 5.18. The highest BCUT2D eigenvalue weighted by molar-refractivity contribution is 5.92. The van der Waals surface area contributed by atoms with Crippen LogP contribution < -0.4 is 5.32 Å². The van der Waals surface area contributed by atoms with E-state index in [2.05, 4.69) is 25.7 Å². The minimum absolute atomic E-state index is 0.248. The fourth-order valence-corrected chi connectivity index (χ4v) is 3.30. The average Bonchev–Trinajstić information content (AvgIpc) is 2.63. The predicted octanol–water partition coefficient (Wildman–Crippen LogP) is 6.69. The molecule has 0 aliphatic carbocycles. The first-order valence-electron chi connectivity index (χ1n) is 11.5. The van der Waals surface area contributed by atoms with E-state index >= 15 is 0 Å². The molecule has 0 saturated carbocycles. The van der Waals surface area contributed by atoms with Crippen LogP contribution in [0.3, 0.4) is 0 Å². The summed E-state index contributed by atoms with van der Waals surface area (Å²) in [6.45, 7) is 11.5. The minimum Gasteiger partial charge on any atom is -0.442 e. The summed E-state index contributed by atoms with van der Waals surface area (Å²) in [6.07, 6.45) is 16.4. The summed E-state index contributed by atoms with van der Waals surface area (Å²) in [4.78, 5) is 23.2. The Balaban J connectivity index is 3.46. The lowest BCUT2D eigenvalue weighted by Crippen LogP contribution is -2.36. The van der Waals surface area contributed by atoms with E-state index < -0.39 is 6.23 Å². The van der Waals surface area contributed by atoms with Crippen LogP contribution in [0.4, 0.5) is 0 Å². The van der Waals surface area contributed by atoms with Crippen LogP contribution in [0, 0.1) is 5.92 Å². The summed E-state index contributed by atoms with van der Waals surface area (Å²) in [6, 6.07) is 0. The van der Waals surface area contributed by atoms with Crippen molar-refractivity contribution >= 4 is 11.9 Å². The van der Waals surface area contributed by atoms with Gasteiger partial charge >= 0.3 is 5.97 Å². The molecule has 0 spiro atoms. The number of carbonyl (C=O) groups is 2. The van der Waals surface area contributed by atoms with Gasteiger partial charge in [-0.1, -0.05) is 97.5 Å². The Morgan fingerprint density at radius 2 is 1.36 bits per heavy atom. The number of hydrogen-bond acceptors (Lipinski definition) is 3. The molecule has 2 unspecified atom stereocenters. The first kappa shape index (κ1) is 26.7. The summed E-state index contributed by atoms with van der Waals surface area (Å²) >= 11 is 0. The lowest BCUT2D eigenvalue weighted by Gasteiger charge is -2.14. The van der Waals surface area contributed by atoms with Crippen LogP contribution in [0.2, 0.25) is 0 Å². The Kier molecular flexibility index (Phi) is 16.9. The van der Waals surface area contributed by atoms with E-state index in [0.29, 0.717) is 12.0 Å². The Morgan fingerprint density at radius 3 is 1.89 bits per heavy atom. The van der Waals surface area contributed by atoms with Gasteiger partial charge in [-0.2, -0.15) is 0 Å². The Bertz CT molecular complexity index is 434. The quantitative estimate of drug-likeness (QED) is 0.122. The average molecular weight is 396 g/mol. The highest BCUT2D eigenvalue weighted by Crippen LogP contribution is 2.18. The van der Waals surface area contributed by atoms with Crippen LogP contribution in [0.1, 0.15) is 118 Å². The van der Waals surface area contributed by atoms with Gasteiger partial charge in [0, 0.05) is 12.0 Å². The second-order valence-corrected chi connectivity index (χ2v) is 8.35. The van der Waals surface area contributed by atoms with E-state index in [1.165, 1.54) is 70.6 Å². The zero-order chi connectivity index (χ0) is 21.2. The molecule has 0 rings (SSSR count). The topological polar surface area (TPSA) is 55.4 Å². The lowest BCUT2D eigenvalue weighted by atomic mass is 9.96. The largest absolute Gasteiger partial charge is 0.442 e. The standard InChI is InChI=1S/C24H45NO3/c1-6-7-8-14-17-21(4)18-15-12-10-9-11-13-16-19-23(26)28-22(5)25-24(27)20(2)3/h21-22H,2,6-19H2,1,3-5H3,(H,25,27). The zero-order valence-corrected chi connectivity index (χ0v) is 19.0. The van der Waals surface area contributed by atoms with E-state index in [1.807, 2.05) is 0 Å². The van der Waals surface area contributed by atoms with E-state index in [-0.39, 0.29) is 11.9 Å². The van der Waals surface area contributed by atoms with E-state index in [4.69, 9.17) is 4.74 Å². The first-order chi connectivity index (χ1) is 13.4. The number of amides is 1. The molecule has 0 aromatic carbocycles. The van der Waals surface area contributed by atoms with Gasteiger partial charge in [0.15, 0.2) is 6.23 Å². The van der Waals surface area contributed by atoms with Gasteiger partial charge in [-0.05, 0) is 26.2 Å². The van der Waals surface area contributed by atoms with Crippen LogP contribution in [0.25, 0.3) is 0 Å². The number of rotatable bonds is 18. The molecule has 164 valence electrons. The maximum absolute atomic E-state index is 11.8. The van der Waals surface area contributed by atoms with Crippen LogP contribution in [-0.4, -0.2) is 18.1 Å². The molecule has 0 aromatic heterocycles. The smallest absolute Gasteiger partial charge is 0.307 e. The molecule has 0 heterocycles. The van der Waals surface area contributed by atoms with Crippen molar-refractivity contribution in [1.82, 2.24) is 5.32 Å². The minimum atomic E-state index is -0.606. The maximum atomic E-state index is 11.8. The van der Waals surface area contributed by atoms with Gasteiger partial charge in [0.05, 0.1) is 0 Å². The van der Waals surface area contributed by atoms with E-state index in [9.17, 15) is 9.59 Å². The van der Waals surface area contributed by atoms with E-state index in [1.54, 1.807) is 13.8 Å². The van der Waals surface area contributed by atoms with Crippen LogP contribution in [0.5, 0.6) is 0 Å². The Morgan fingerprint density at radius 1 is 0.857 bits per heavy atom. The second-order valence-electron chi connectivity index (χ2n) is 8.35. The van der Waals surface area contributed by atoms with E-state index in [0.717, 1.165) is 18.8 Å². The summed E-state index contributed by atoms with van der Waals surface area (Å²) in [5.74, 6) is 0.346. The van der Waals surface area contributed by atoms with Crippen LogP contribution in [0.15, 0.2) is 12.2 Å². The second kappa shape index (κ2) is 17.8. The van der Waals surface area contributed by atoms with Gasteiger partial charge < -0.3 is 10.1 Å². The Labute approximate surface area is 173 Å². The molecule has 1 amide bonds. The number of esters is 1. The SMILES string of the molecule is C=C(C)C(=O)NC(C)OC(=O)CCCCCCCCCC(C)CCCCCC. The molecule has 4 nitrogen and oxygen atoms in total. The molecule has 28 heavy (non-hydrogen) atoms. The summed E-state index contributed by atoms with van der Waals surface area (Å²) in [5, 5.41) is 2.58. The molecule has 0 radical (unpaired) electrons. The van der Waals surface area contributed by atoms with Crippen LogP contribution >= 0.6 is 0 Å². The van der Waals surface area contributed by atoms with Crippen molar-refractivity contribution in [3.05, 3.63) is 12.2 Å². The van der Waals surface area contributed by atoms with Gasteiger partial charge in [0.1, 0.15) is 0 Å². The van der Waals surface area contributed by atoms with Crippen molar-refractivity contribution in [2.45, 2.75) is 124 Å². The number of ether oxygens (including phenoxy) is 1. The monoisotopic (exact) mass is 395 g/mol. The number of unbranched alkanes of at least 4 members (excludes halogenated alkanes) is 9. The fourth-order valence-electron chi connectivity index (χ4n) is 3.30. The Hall–Kier alpha value is -1.32. The highest BCUT2D eigenvalue weighted by Gasteiger charge is 2.12. The van der Waals surface area contributed by atoms with Gasteiger partial charge in [0.25, 0.3) is 0 Å². The molecule has 0 fully saturated rings. The molecule has 4 heteroatoms. The highest BCUT2D eigenvalue weighted by atomic mass is 16.6.